The molecule has 1 aliphatic heterocycles. The van der Waals surface area contributed by atoms with Crippen molar-refractivity contribution in [3.05, 3.63) is 101 Å². The Labute approximate surface area is 282 Å². The Morgan fingerprint density at radius 3 is 1.98 bits per heavy atom. The Kier molecular flexibility index (Phi) is 12.6. The Morgan fingerprint density at radius 1 is 0.840 bits per heavy atom. The number of carbonyl (C=O) groups excluding carboxylic acids is 1. The van der Waals surface area contributed by atoms with Crippen LogP contribution in [0.25, 0.3) is 0 Å². The van der Waals surface area contributed by atoms with Crippen LogP contribution < -0.4 is 5.32 Å². The Balaban J connectivity index is 1.49. The number of ether oxygens (including phenoxy) is 2. The van der Waals surface area contributed by atoms with Gasteiger partial charge in [-0.25, -0.2) is 21.6 Å². The van der Waals surface area contributed by atoms with Crippen molar-refractivity contribution in [3.63, 3.8) is 0 Å². The number of alkyl halides is 6. The number of amides is 1. The lowest BCUT2D eigenvalue weighted by molar-refractivity contribution is -0.392. The second kappa shape index (κ2) is 16.1. The maximum Gasteiger partial charge on any atom is 0.430 e. The third-order valence-corrected chi connectivity index (χ3v) is 10.3. The molecule has 0 bridgehead atoms. The van der Waals surface area contributed by atoms with E-state index >= 15 is 0 Å². The van der Waals surface area contributed by atoms with Crippen LogP contribution in [0.5, 0.6) is 0 Å². The average Bonchev–Trinajstić information content (AvgIpc) is 3.05. The van der Waals surface area contributed by atoms with Crippen LogP contribution in [0.15, 0.2) is 71.6 Å². The molecule has 50 heavy (non-hydrogen) atoms. The third-order valence-electron chi connectivity index (χ3n) is 8.52. The zero-order valence-electron chi connectivity index (χ0n) is 26.4. The van der Waals surface area contributed by atoms with E-state index in [0.29, 0.717) is 55.9 Å². The van der Waals surface area contributed by atoms with Gasteiger partial charge in [-0.3, -0.25) is 4.79 Å². The van der Waals surface area contributed by atoms with Gasteiger partial charge < -0.3 is 14.8 Å². The minimum Gasteiger partial charge on any atom is -0.381 e. The van der Waals surface area contributed by atoms with Gasteiger partial charge in [0, 0.05) is 36.3 Å². The third kappa shape index (κ3) is 9.37. The lowest BCUT2D eigenvalue weighted by Crippen LogP contribution is -2.55. The number of carbonyl (C=O) groups is 1. The zero-order valence-corrected chi connectivity index (χ0v) is 27.2. The summed E-state index contributed by atoms with van der Waals surface area (Å²) in [6.45, 7) is -0.906. The SMILES string of the molecule is O=C(N[C@@H](CCCc1ccc(C(OCc2c(F)cccc2F)(C(F)(F)F)C(F)(F)F)cc1)CCS(=O)(=O)c1ccc(F)cc1)C1CCOCC1. The average molecular weight is 740 g/mol. The first kappa shape index (κ1) is 39.2. The highest BCUT2D eigenvalue weighted by Gasteiger charge is 2.73. The lowest BCUT2D eigenvalue weighted by atomic mass is 9.90. The summed E-state index contributed by atoms with van der Waals surface area (Å²) in [7, 11) is -3.86. The molecule has 1 atom stereocenters. The molecule has 0 unspecified atom stereocenters. The second-order valence-corrected chi connectivity index (χ2v) is 14.0. The molecule has 1 heterocycles. The van der Waals surface area contributed by atoms with Gasteiger partial charge in [-0.15, -0.1) is 0 Å². The first-order chi connectivity index (χ1) is 23.4. The maximum atomic E-state index is 14.2. The molecule has 0 spiro atoms. The van der Waals surface area contributed by atoms with Crippen LogP contribution in [0.4, 0.5) is 39.5 Å². The molecular formula is C34H34F9NO5S. The van der Waals surface area contributed by atoms with Crippen molar-refractivity contribution in [3.8, 4) is 0 Å². The number of aryl methyl sites for hydroxylation is 1. The minimum absolute atomic E-state index is 0.0206. The summed E-state index contributed by atoms with van der Waals surface area (Å²) < 4.78 is 162. The monoisotopic (exact) mass is 739 g/mol. The molecular weight excluding hydrogens is 705 g/mol. The van der Waals surface area contributed by atoms with Gasteiger partial charge in [-0.05, 0) is 80.5 Å². The van der Waals surface area contributed by atoms with Gasteiger partial charge >= 0.3 is 12.4 Å². The van der Waals surface area contributed by atoms with Crippen LogP contribution in [-0.2, 0) is 42.7 Å². The van der Waals surface area contributed by atoms with E-state index in [1.54, 1.807) is 0 Å². The standard InChI is InChI=1S/C34H34F9NO5S/c35-25-11-13-27(14-12-25)50(46,47)20-17-26(44-31(45)23-15-18-48-19-16-23)4-1-3-22-7-9-24(10-8-22)32(33(38,39)40,34(41,42)43)49-21-28-29(36)5-2-6-30(28)37/h2,5-14,23,26H,1,3-4,15-21H2,(H,44,45)/t26-/m0/s1. The number of hydrogen-bond donors (Lipinski definition) is 1. The molecule has 1 fully saturated rings. The molecule has 1 aliphatic rings. The number of rotatable bonds is 14. The highest BCUT2D eigenvalue weighted by atomic mass is 32.2. The molecule has 6 nitrogen and oxygen atoms in total. The molecule has 16 heteroatoms. The fourth-order valence-electron chi connectivity index (χ4n) is 5.67. The molecule has 1 amide bonds. The minimum atomic E-state index is -6.08. The van der Waals surface area contributed by atoms with Crippen molar-refractivity contribution in [1.29, 1.82) is 0 Å². The zero-order chi connectivity index (χ0) is 36.7. The normalized spacial score (nSPS) is 15.5. The van der Waals surface area contributed by atoms with E-state index in [4.69, 9.17) is 4.74 Å². The maximum absolute atomic E-state index is 14.2. The topological polar surface area (TPSA) is 81.7 Å². The van der Waals surface area contributed by atoms with Gasteiger partial charge in [0.05, 0.1) is 17.3 Å². The summed E-state index contributed by atoms with van der Waals surface area (Å²) in [5.74, 6) is -4.42. The van der Waals surface area contributed by atoms with E-state index in [0.717, 1.165) is 42.5 Å². The smallest absolute Gasteiger partial charge is 0.381 e. The van der Waals surface area contributed by atoms with Crippen LogP contribution in [0.2, 0.25) is 0 Å². The van der Waals surface area contributed by atoms with Gasteiger partial charge in [0.1, 0.15) is 17.5 Å². The van der Waals surface area contributed by atoms with Crippen LogP contribution >= 0.6 is 0 Å². The van der Waals surface area contributed by atoms with Crippen molar-refractivity contribution in [1.82, 2.24) is 5.32 Å². The first-order valence-electron chi connectivity index (χ1n) is 15.6. The van der Waals surface area contributed by atoms with Gasteiger partial charge in [0.15, 0.2) is 9.84 Å². The predicted octanol–water partition coefficient (Wildman–Crippen LogP) is 7.74. The first-order valence-corrected chi connectivity index (χ1v) is 17.3. The molecule has 0 aliphatic carbocycles. The van der Waals surface area contributed by atoms with Gasteiger partial charge in [0.2, 0.25) is 5.91 Å². The van der Waals surface area contributed by atoms with Crippen LogP contribution in [0, 0.1) is 23.4 Å². The van der Waals surface area contributed by atoms with Crippen molar-refractivity contribution in [2.45, 2.75) is 74.0 Å². The molecule has 1 N–H and O–H groups in total. The molecule has 3 aromatic rings. The van der Waals surface area contributed by atoms with Crippen LogP contribution in [-0.4, -0.2) is 51.7 Å². The largest absolute Gasteiger partial charge is 0.430 e. The Bertz CT molecular complexity index is 1660. The summed E-state index contributed by atoms with van der Waals surface area (Å²) in [4.78, 5) is 12.8. The molecule has 1 saturated heterocycles. The van der Waals surface area contributed by atoms with E-state index in [1.807, 2.05) is 0 Å². The fraction of sp³-hybridized carbons (Fsp3) is 0.441. The van der Waals surface area contributed by atoms with E-state index in [-0.39, 0.29) is 48.2 Å². The lowest BCUT2D eigenvalue weighted by Gasteiger charge is -2.37. The van der Waals surface area contributed by atoms with Gasteiger partial charge in [-0.1, -0.05) is 30.3 Å². The van der Waals surface area contributed by atoms with E-state index in [9.17, 15) is 52.7 Å². The summed E-state index contributed by atoms with van der Waals surface area (Å²) in [6, 6.07) is 9.06. The predicted molar refractivity (Wildman–Crippen MR) is 163 cm³/mol. The molecule has 0 saturated carbocycles. The number of halogens is 9. The molecule has 274 valence electrons. The molecule has 0 radical (unpaired) electrons. The van der Waals surface area contributed by atoms with Gasteiger partial charge in [0.25, 0.3) is 5.60 Å². The molecule has 3 aromatic carbocycles. The summed E-state index contributed by atoms with van der Waals surface area (Å²) in [6.07, 6.45) is -10.7. The Hall–Kier alpha value is -3.63. The summed E-state index contributed by atoms with van der Waals surface area (Å²) in [5, 5.41) is 2.86. The van der Waals surface area contributed by atoms with Crippen LogP contribution in [0.1, 0.15) is 48.8 Å². The number of nitrogens with one attached hydrogen (secondary N) is 1. The van der Waals surface area contributed by atoms with E-state index in [2.05, 4.69) is 10.1 Å². The summed E-state index contributed by atoms with van der Waals surface area (Å²) >= 11 is 0. The summed E-state index contributed by atoms with van der Waals surface area (Å²) in [5.41, 5.74) is -7.06. The fourth-order valence-corrected chi connectivity index (χ4v) is 7.05. The van der Waals surface area contributed by atoms with Crippen molar-refractivity contribution in [2.24, 2.45) is 5.92 Å². The Morgan fingerprint density at radius 2 is 1.42 bits per heavy atom. The number of benzene rings is 3. The highest BCUT2D eigenvalue weighted by Crippen LogP contribution is 2.53. The van der Waals surface area contributed by atoms with Gasteiger partial charge in [-0.2, -0.15) is 26.3 Å². The van der Waals surface area contributed by atoms with Crippen molar-refractivity contribution < 1.29 is 62.2 Å². The van der Waals surface area contributed by atoms with Crippen molar-refractivity contribution >= 4 is 15.7 Å². The number of sulfone groups is 1. The molecule has 0 aromatic heterocycles. The second-order valence-electron chi connectivity index (χ2n) is 11.9. The van der Waals surface area contributed by atoms with E-state index in [1.165, 1.54) is 0 Å². The quantitative estimate of drug-likeness (QED) is 0.135. The molecule has 4 rings (SSSR count). The van der Waals surface area contributed by atoms with Crippen molar-refractivity contribution in [2.75, 3.05) is 19.0 Å². The van der Waals surface area contributed by atoms with Crippen LogP contribution in [0.3, 0.4) is 0 Å². The van der Waals surface area contributed by atoms with E-state index < -0.39 is 69.0 Å². The number of hydrogen-bond acceptors (Lipinski definition) is 5. The highest BCUT2D eigenvalue weighted by molar-refractivity contribution is 7.91.